The van der Waals surface area contributed by atoms with E-state index in [-0.39, 0.29) is 16.9 Å². The van der Waals surface area contributed by atoms with Crippen molar-refractivity contribution in [3.63, 3.8) is 0 Å². The molecule has 0 spiro atoms. The summed E-state index contributed by atoms with van der Waals surface area (Å²) in [5.74, 6) is -2.38. The molecule has 0 unspecified atom stereocenters. The Labute approximate surface area is 154 Å². The summed E-state index contributed by atoms with van der Waals surface area (Å²) in [5.41, 5.74) is 0.168. The van der Waals surface area contributed by atoms with Gasteiger partial charge in [0.15, 0.2) is 0 Å². The quantitative estimate of drug-likeness (QED) is 0.656. The van der Waals surface area contributed by atoms with Gasteiger partial charge in [0.05, 0.1) is 21.9 Å². The zero-order chi connectivity index (χ0) is 19.6. The summed E-state index contributed by atoms with van der Waals surface area (Å²) in [6, 6.07) is 6.82. The number of non-ortho nitro benzene ring substituents is 1. The number of nitrogens with one attached hydrogen (secondary N) is 1. The second-order valence-corrected chi connectivity index (χ2v) is 6.33. The van der Waals surface area contributed by atoms with Crippen LogP contribution < -0.4 is 10.2 Å². The number of nitro groups is 1. The van der Waals surface area contributed by atoms with E-state index >= 15 is 0 Å². The molecule has 9 heteroatoms. The van der Waals surface area contributed by atoms with E-state index in [9.17, 15) is 23.7 Å². The average molecular weight is 376 g/mol. The van der Waals surface area contributed by atoms with Crippen LogP contribution in [0.1, 0.15) is 10.4 Å². The van der Waals surface area contributed by atoms with Crippen LogP contribution in [0.3, 0.4) is 0 Å². The number of amides is 1. The summed E-state index contributed by atoms with van der Waals surface area (Å²) in [6.07, 6.45) is 0. The molecular weight excluding hydrogens is 358 g/mol. The summed E-state index contributed by atoms with van der Waals surface area (Å²) in [5, 5.41) is 13.5. The van der Waals surface area contributed by atoms with Crippen LogP contribution in [0.15, 0.2) is 36.4 Å². The first-order valence-electron chi connectivity index (χ1n) is 8.33. The SMILES string of the molecule is CN1CCN(c2ccc([N+](=O)[O-])cc2C(=O)Nc2ccc(F)cc2F)CC1. The lowest BCUT2D eigenvalue weighted by Gasteiger charge is -2.34. The molecule has 2 aromatic carbocycles. The fourth-order valence-electron chi connectivity index (χ4n) is 2.92. The number of likely N-dealkylation sites (N-methyl/N-ethyl adjacent to an activating group) is 1. The lowest BCUT2D eigenvalue weighted by atomic mass is 10.1. The Hall–Kier alpha value is -3.07. The summed E-state index contributed by atoms with van der Waals surface area (Å²) in [4.78, 5) is 27.3. The molecule has 1 saturated heterocycles. The predicted octanol–water partition coefficient (Wildman–Crippen LogP) is 2.88. The zero-order valence-electron chi connectivity index (χ0n) is 14.6. The van der Waals surface area contributed by atoms with Gasteiger partial charge < -0.3 is 15.1 Å². The first-order valence-corrected chi connectivity index (χ1v) is 8.33. The van der Waals surface area contributed by atoms with E-state index < -0.39 is 22.5 Å². The molecule has 7 nitrogen and oxygen atoms in total. The molecule has 1 fully saturated rings. The summed E-state index contributed by atoms with van der Waals surface area (Å²) >= 11 is 0. The van der Waals surface area contributed by atoms with Crippen molar-refractivity contribution in [3.8, 4) is 0 Å². The van der Waals surface area contributed by atoms with E-state index in [4.69, 9.17) is 0 Å². The third-order valence-corrected chi connectivity index (χ3v) is 4.46. The van der Waals surface area contributed by atoms with Crippen LogP contribution in [-0.4, -0.2) is 49.0 Å². The molecule has 0 atom stereocenters. The monoisotopic (exact) mass is 376 g/mol. The summed E-state index contributed by atoms with van der Waals surface area (Å²) in [7, 11) is 1.98. The van der Waals surface area contributed by atoms with Crippen molar-refractivity contribution >= 4 is 23.0 Å². The van der Waals surface area contributed by atoms with Gasteiger partial charge in [0.1, 0.15) is 11.6 Å². The molecule has 0 bridgehead atoms. The molecule has 0 aromatic heterocycles. The molecule has 142 valence electrons. The summed E-state index contributed by atoms with van der Waals surface area (Å²) in [6.45, 7) is 2.87. The maximum Gasteiger partial charge on any atom is 0.270 e. The molecule has 1 N–H and O–H groups in total. The Kier molecular flexibility index (Phi) is 5.31. The van der Waals surface area contributed by atoms with Crippen LogP contribution >= 0.6 is 0 Å². The first kappa shape index (κ1) is 18.7. The zero-order valence-corrected chi connectivity index (χ0v) is 14.6. The van der Waals surface area contributed by atoms with Gasteiger partial charge in [-0.15, -0.1) is 0 Å². The van der Waals surface area contributed by atoms with E-state index in [2.05, 4.69) is 10.2 Å². The van der Waals surface area contributed by atoms with Gasteiger partial charge >= 0.3 is 0 Å². The van der Waals surface area contributed by atoms with Crippen LogP contribution in [0.4, 0.5) is 25.8 Å². The Balaban J connectivity index is 1.94. The molecule has 0 radical (unpaired) electrons. The summed E-state index contributed by atoms with van der Waals surface area (Å²) < 4.78 is 26.9. The highest BCUT2D eigenvalue weighted by atomic mass is 19.1. The van der Waals surface area contributed by atoms with Crippen LogP contribution in [0.2, 0.25) is 0 Å². The van der Waals surface area contributed by atoms with Gasteiger partial charge in [0.25, 0.3) is 11.6 Å². The predicted molar refractivity (Wildman–Crippen MR) is 97.1 cm³/mol. The number of carbonyl (C=O) groups excluding carboxylic acids is 1. The van der Waals surface area contributed by atoms with Crippen molar-refractivity contribution in [2.45, 2.75) is 0 Å². The molecule has 0 aliphatic carbocycles. The average Bonchev–Trinajstić information content (AvgIpc) is 2.64. The van der Waals surface area contributed by atoms with Crippen LogP contribution in [0, 0.1) is 21.7 Å². The van der Waals surface area contributed by atoms with Crippen molar-refractivity contribution < 1.29 is 18.5 Å². The minimum Gasteiger partial charge on any atom is -0.368 e. The van der Waals surface area contributed by atoms with Crippen LogP contribution in [0.25, 0.3) is 0 Å². The number of nitrogens with zero attached hydrogens (tertiary/aromatic N) is 3. The van der Waals surface area contributed by atoms with Gasteiger partial charge in [-0.3, -0.25) is 14.9 Å². The standard InChI is InChI=1S/C18H18F2N4O3/c1-22-6-8-23(9-7-22)17-5-3-13(24(26)27)11-14(17)18(25)21-16-4-2-12(19)10-15(16)20/h2-5,10-11H,6-9H2,1H3,(H,21,25). The fraction of sp³-hybridized carbons (Fsp3) is 0.278. The Morgan fingerprint density at radius 3 is 2.44 bits per heavy atom. The maximum atomic E-state index is 13.9. The molecule has 1 aliphatic heterocycles. The first-order chi connectivity index (χ1) is 12.8. The number of halogens is 2. The lowest BCUT2D eigenvalue weighted by Crippen LogP contribution is -2.45. The van der Waals surface area contributed by atoms with E-state index in [0.29, 0.717) is 24.8 Å². The van der Waals surface area contributed by atoms with Gasteiger partial charge in [-0.25, -0.2) is 8.78 Å². The van der Waals surface area contributed by atoms with Gasteiger partial charge in [-0.2, -0.15) is 0 Å². The van der Waals surface area contributed by atoms with E-state index in [1.807, 2.05) is 11.9 Å². The van der Waals surface area contributed by atoms with Crippen molar-refractivity contribution in [2.75, 3.05) is 43.4 Å². The Morgan fingerprint density at radius 2 is 1.81 bits per heavy atom. The Morgan fingerprint density at radius 1 is 1.11 bits per heavy atom. The number of carbonyl (C=O) groups is 1. The van der Waals surface area contributed by atoms with E-state index in [0.717, 1.165) is 25.2 Å². The highest BCUT2D eigenvalue weighted by Crippen LogP contribution is 2.28. The Bertz CT molecular complexity index is 883. The van der Waals surface area contributed by atoms with Gasteiger partial charge in [0, 0.05) is 44.4 Å². The highest BCUT2D eigenvalue weighted by Gasteiger charge is 2.23. The molecule has 27 heavy (non-hydrogen) atoms. The maximum absolute atomic E-state index is 13.9. The van der Waals surface area contributed by atoms with Crippen LogP contribution in [0.5, 0.6) is 0 Å². The second-order valence-electron chi connectivity index (χ2n) is 6.33. The topological polar surface area (TPSA) is 78.7 Å². The third kappa shape index (κ3) is 4.20. The number of rotatable bonds is 4. The molecule has 1 amide bonds. The molecule has 2 aromatic rings. The molecule has 3 rings (SSSR count). The number of hydrogen-bond donors (Lipinski definition) is 1. The van der Waals surface area contributed by atoms with Gasteiger partial charge in [-0.05, 0) is 25.2 Å². The van der Waals surface area contributed by atoms with E-state index in [1.165, 1.54) is 18.2 Å². The third-order valence-electron chi connectivity index (χ3n) is 4.46. The molecular formula is C18H18F2N4O3. The number of nitro benzene ring substituents is 1. The van der Waals surface area contributed by atoms with E-state index in [1.54, 1.807) is 0 Å². The molecule has 1 aliphatic rings. The molecule has 0 saturated carbocycles. The van der Waals surface area contributed by atoms with Gasteiger partial charge in [0.2, 0.25) is 0 Å². The highest BCUT2D eigenvalue weighted by molar-refractivity contribution is 6.08. The number of anilines is 2. The van der Waals surface area contributed by atoms with Crippen molar-refractivity contribution in [1.29, 1.82) is 0 Å². The number of benzene rings is 2. The minimum atomic E-state index is -0.921. The lowest BCUT2D eigenvalue weighted by molar-refractivity contribution is -0.384. The van der Waals surface area contributed by atoms with Crippen molar-refractivity contribution in [1.82, 2.24) is 4.90 Å². The second kappa shape index (κ2) is 7.67. The van der Waals surface area contributed by atoms with Crippen molar-refractivity contribution in [2.24, 2.45) is 0 Å². The number of hydrogen-bond acceptors (Lipinski definition) is 5. The van der Waals surface area contributed by atoms with Crippen molar-refractivity contribution in [3.05, 3.63) is 63.7 Å². The van der Waals surface area contributed by atoms with Gasteiger partial charge in [-0.1, -0.05) is 0 Å². The fourth-order valence-corrected chi connectivity index (χ4v) is 2.92. The normalized spacial score (nSPS) is 14.9. The van der Waals surface area contributed by atoms with Crippen LogP contribution in [-0.2, 0) is 0 Å². The smallest absolute Gasteiger partial charge is 0.270 e. The molecule has 1 heterocycles. The minimum absolute atomic E-state index is 0.0671. The number of piperazine rings is 1. The largest absolute Gasteiger partial charge is 0.368 e.